The van der Waals surface area contributed by atoms with E-state index in [1.165, 1.54) is 0 Å². The Morgan fingerprint density at radius 2 is 1.64 bits per heavy atom. The summed E-state index contributed by atoms with van der Waals surface area (Å²) in [7, 11) is 3.52. The van der Waals surface area contributed by atoms with E-state index in [2.05, 4.69) is 32.0 Å². The van der Waals surface area contributed by atoms with Gasteiger partial charge in [0.15, 0.2) is 11.6 Å². The zero-order chi connectivity index (χ0) is 29.1. The quantitative estimate of drug-likeness (QED) is 0.323. The van der Waals surface area contributed by atoms with Gasteiger partial charge in [-0.25, -0.2) is 14.8 Å². The van der Waals surface area contributed by atoms with Crippen molar-refractivity contribution in [3.63, 3.8) is 0 Å². The van der Waals surface area contributed by atoms with Crippen molar-refractivity contribution in [2.45, 2.75) is 5.92 Å². The summed E-state index contributed by atoms with van der Waals surface area (Å²) in [6, 6.07) is 15.7. The van der Waals surface area contributed by atoms with Crippen molar-refractivity contribution >= 4 is 46.4 Å². The number of hydrogen-bond acceptors (Lipinski definition) is 9. The van der Waals surface area contributed by atoms with Crippen LogP contribution in [0.5, 0.6) is 0 Å². The van der Waals surface area contributed by atoms with E-state index >= 15 is 0 Å². The van der Waals surface area contributed by atoms with E-state index in [9.17, 15) is 9.59 Å². The molecular formula is C30H31N9O3. The first-order chi connectivity index (χ1) is 20.5. The highest BCUT2D eigenvalue weighted by molar-refractivity contribution is 6.00. The van der Waals surface area contributed by atoms with Crippen molar-refractivity contribution in [1.29, 1.82) is 0 Å². The molecule has 0 bridgehead atoms. The number of ether oxygens (including phenoxy) is 1. The zero-order valence-electron chi connectivity index (χ0n) is 23.4. The monoisotopic (exact) mass is 565 g/mol. The molecule has 6 rings (SSSR count). The number of benzene rings is 2. The minimum Gasteiger partial charge on any atom is -0.378 e. The van der Waals surface area contributed by atoms with Crippen LogP contribution < -0.4 is 20.9 Å². The summed E-state index contributed by atoms with van der Waals surface area (Å²) in [4.78, 5) is 41.1. The second-order valence-electron chi connectivity index (χ2n) is 10.1. The van der Waals surface area contributed by atoms with Crippen LogP contribution in [-0.2, 0) is 4.74 Å². The first kappa shape index (κ1) is 27.1. The molecule has 1 saturated heterocycles. The van der Waals surface area contributed by atoms with E-state index in [-0.39, 0.29) is 11.8 Å². The molecule has 0 spiro atoms. The Bertz CT molecular complexity index is 1630. The summed E-state index contributed by atoms with van der Waals surface area (Å²) in [6.45, 7) is 3.50. The molecule has 4 aromatic rings. The Morgan fingerprint density at radius 1 is 0.952 bits per heavy atom. The van der Waals surface area contributed by atoms with E-state index in [4.69, 9.17) is 19.7 Å². The second kappa shape index (κ2) is 11.8. The molecule has 1 atom stereocenters. The normalized spacial score (nSPS) is 16.5. The van der Waals surface area contributed by atoms with Crippen LogP contribution >= 0.6 is 0 Å². The maximum absolute atomic E-state index is 12.6. The van der Waals surface area contributed by atoms with Crippen LogP contribution in [-0.4, -0.2) is 85.1 Å². The molecule has 42 heavy (non-hydrogen) atoms. The summed E-state index contributed by atoms with van der Waals surface area (Å²) in [5, 5.41) is 14.5. The number of nitrogens with zero attached hydrogens (tertiary/aromatic N) is 6. The number of rotatable bonds is 6. The molecule has 0 radical (unpaired) electrons. The van der Waals surface area contributed by atoms with Gasteiger partial charge in [-0.3, -0.25) is 14.8 Å². The van der Waals surface area contributed by atoms with Crippen LogP contribution in [0.4, 0.5) is 22.0 Å². The highest BCUT2D eigenvalue weighted by atomic mass is 16.5. The topological polar surface area (TPSA) is 137 Å². The van der Waals surface area contributed by atoms with E-state index in [1.807, 2.05) is 48.7 Å². The summed E-state index contributed by atoms with van der Waals surface area (Å²) in [6.07, 6.45) is 3.84. The Hall–Kier alpha value is -5.10. The number of likely N-dealkylation sites (N-methyl/N-ethyl adjacent to an activating group) is 1. The van der Waals surface area contributed by atoms with Gasteiger partial charge in [0.2, 0.25) is 0 Å². The number of anilines is 3. The number of urea groups is 1. The Balaban J connectivity index is 1.23. The molecule has 4 heterocycles. The van der Waals surface area contributed by atoms with Crippen LogP contribution in [0.2, 0.25) is 0 Å². The predicted octanol–water partition coefficient (Wildman–Crippen LogP) is 3.55. The van der Waals surface area contributed by atoms with Crippen LogP contribution in [0.25, 0.3) is 22.4 Å². The number of pyridine rings is 1. The summed E-state index contributed by atoms with van der Waals surface area (Å²) in [5.74, 6) is 1.33. The fourth-order valence-corrected chi connectivity index (χ4v) is 4.96. The first-order valence-electron chi connectivity index (χ1n) is 13.7. The van der Waals surface area contributed by atoms with Gasteiger partial charge in [-0.1, -0.05) is 0 Å². The molecule has 3 amide bonds. The lowest BCUT2D eigenvalue weighted by Gasteiger charge is -2.28. The highest BCUT2D eigenvalue weighted by Gasteiger charge is 2.22. The molecule has 12 nitrogen and oxygen atoms in total. The first-order valence-corrected chi connectivity index (χ1v) is 13.7. The van der Waals surface area contributed by atoms with Crippen LogP contribution in [0.15, 0.2) is 65.9 Å². The fraction of sp³-hybridized carbons (Fsp3) is 0.267. The molecule has 2 aromatic heterocycles. The molecule has 2 aromatic carbocycles. The molecule has 1 fully saturated rings. The molecule has 12 heteroatoms. The zero-order valence-corrected chi connectivity index (χ0v) is 23.4. The molecule has 1 unspecified atom stereocenters. The van der Waals surface area contributed by atoms with Crippen LogP contribution in [0, 0.1) is 0 Å². The van der Waals surface area contributed by atoms with Gasteiger partial charge in [-0.2, -0.15) is 5.10 Å². The Morgan fingerprint density at radius 3 is 2.29 bits per heavy atom. The second-order valence-corrected chi connectivity index (χ2v) is 10.1. The van der Waals surface area contributed by atoms with Crippen molar-refractivity contribution in [3.05, 3.63) is 71.9 Å². The molecule has 0 saturated carbocycles. The molecular weight excluding hydrogens is 534 g/mol. The standard InChI is InChI=1S/C30H31N9O3/c1-31-29(40)20-5-9-24(10-6-20)35-30(41)34-23-7-3-19(4-8-23)27-36-25-15-21(22-17-33-38(2)18-22)16-32-26(25)28(37-27)39-11-13-42-14-12-39/h3-10,15-17,22H,11-14,18H2,1-2H3,(H,31,40)(H2,34,35,41). The van der Waals surface area contributed by atoms with Gasteiger partial charge in [-0.15, -0.1) is 0 Å². The minimum atomic E-state index is -0.397. The lowest BCUT2D eigenvalue weighted by atomic mass is 10.0. The van der Waals surface area contributed by atoms with Crippen molar-refractivity contribution < 1.29 is 14.3 Å². The molecule has 214 valence electrons. The number of aromatic nitrogens is 3. The number of nitrogens with one attached hydrogen (secondary N) is 3. The number of carbonyl (C=O) groups excluding carboxylic acids is 2. The van der Waals surface area contributed by atoms with Crippen molar-refractivity contribution in [2.75, 3.05) is 62.5 Å². The van der Waals surface area contributed by atoms with Gasteiger partial charge >= 0.3 is 6.03 Å². The average Bonchev–Trinajstić information content (AvgIpc) is 3.47. The number of morpholine rings is 1. The third-order valence-electron chi connectivity index (χ3n) is 7.22. The van der Waals surface area contributed by atoms with Gasteiger partial charge in [0.05, 0.1) is 18.7 Å². The molecule has 0 aliphatic carbocycles. The third-order valence-corrected chi connectivity index (χ3v) is 7.22. The predicted molar refractivity (Wildman–Crippen MR) is 162 cm³/mol. The van der Waals surface area contributed by atoms with Gasteiger partial charge in [-0.05, 0) is 60.2 Å². The summed E-state index contributed by atoms with van der Waals surface area (Å²) in [5.41, 5.74) is 5.09. The smallest absolute Gasteiger partial charge is 0.323 e. The number of carbonyl (C=O) groups is 2. The average molecular weight is 566 g/mol. The number of hydrogen-bond donors (Lipinski definition) is 3. The molecule has 2 aliphatic rings. The lowest BCUT2D eigenvalue weighted by Crippen LogP contribution is -2.37. The summed E-state index contributed by atoms with van der Waals surface area (Å²) < 4.78 is 5.57. The Kier molecular flexibility index (Phi) is 7.60. The maximum Gasteiger partial charge on any atom is 0.323 e. The van der Waals surface area contributed by atoms with Crippen LogP contribution in [0.1, 0.15) is 21.8 Å². The third kappa shape index (κ3) is 5.84. The lowest BCUT2D eigenvalue weighted by molar-refractivity contribution is 0.0963. The summed E-state index contributed by atoms with van der Waals surface area (Å²) >= 11 is 0. The fourth-order valence-electron chi connectivity index (χ4n) is 4.96. The van der Waals surface area contributed by atoms with Crippen molar-refractivity contribution in [3.8, 4) is 11.4 Å². The number of hydrazone groups is 1. The Labute approximate surface area is 242 Å². The molecule has 3 N–H and O–H groups in total. The SMILES string of the molecule is CNC(=O)c1ccc(NC(=O)Nc2ccc(-c3nc(N4CCOCC4)c4ncc(C5C=NN(C)C5)cc4n3)cc2)cc1. The largest absolute Gasteiger partial charge is 0.378 e. The van der Waals surface area contributed by atoms with Crippen molar-refractivity contribution in [2.24, 2.45) is 5.10 Å². The van der Waals surface area contributed by atoms with Crippen molar-refractivity contribution in [1.82, 2.24) is 25.3 Å². The minimum absolute atomic E-state index is 0.155. The van der Waals surface area contributed by atoms with Gasteiger partial charge in [0.1, 0.15) is 5.52 Å². The maximum atomic E-state index is 12.6. The number of fused-ring (bicyclic) bond motifs is 1. The van der Waals surface area contributed by atoms with Crippen LogP contribution in [0.3, 0.4) is 0 Å². The van der Waals surface area contributed by atoms with E-state index in [1.54, 1.807) is 31.3 Å². The highest BCUT2D eigenvalue weighted by Crippen LogP contribution is 2.30. The molecule has 2 aliphatic heterocycles. The number of amides is 3. The van der Waals surface area contributed by atoms with E-state index in [0.717, 1.165) is 47.6 Å². The van der Waals surface area contributed by atoms with Gasteiger partial charge < -0.3 is 25.6 Å². The van der Waals surface area contributed by atoms with E-state index in [0.29, 0.717) is 36.0 Å². The van der Waals surface area contributed by atoms with Gasteiger partial charge in [0.25, 0.3) is 5.91 Å². The van der Waals surface area contributed by atoms with Gasteiger partial charge in [0, 0.05) is 74.6 Å². The van der Waals surface area contributed by atoms with E-state index < -0.39 is 6.03 Å².